The second-order valence-electron chi connectivity index (χ2n) is 3.39. The highest BCUT2D eigenvalue weighted by Gasteiger charge is 2.05. The van der Waals surface area contributed by atoms with Crippen molar-refractivity contribution in [3.05, 3.63) is 29.8 Å². The van der Waals surface area contributed by atoms with Crippen LogP contribution >= 0.6 is 0 Å². The molecular formula is C11H15N3O3. The van der Waals surface area contributed by atoms with Crippen molar-refractivity contribution in [3.8, 4) is 5.75 Å². The van der Waals surface area contributed by atoms with Crippen molar-refractivity contribution in [2.24, 2.45) is 5.73 Å². The molecule has 17 heavy (non-hydrogen) atoms. The fourth-order valence-electron chi connectivity index (χ4n) is 1.17. The van der Waals surface area contributed by atoms with E-state index < -0.39 is 0 Å². The lowest BCUT2D eigenvalue weighted by Gasteiger charge is -2.07. The number of para-hydroxylation sites is 1. The van der Waals surface area contributed by atoms with Crippen LogP contribution in [0.3, 0.4) is 0 Å². The van der Waals surface area contributed by atoms with E-state index in [2.05, 4.69) is 10.6 Å². The number of amides is 2. The minimum atomic E-state index is -0.386. The topological polar surface area (TPSA) is 104 Å². The van der Waals surface area contributed by atoms with Gasteiger partial charge in [-0.3, -0.25) is 9.59 Å². The molecule has 0 heterocycles. The predicted octanol–water partition coefficient (Wildman–Crippen LogP) is -0.917. The normalized spacial score (nSPS) is 9.71. The highest BCUT2D eigenvalue weighted by atomic mass is 16.3. The van der Waals surface area contributed by atoms with Crippen molar-refractivity contribution in [1.82, 2.24) is 10.6 Å². The third kappa shape index (κ3) is 4.52. The van der Waals surface area contributed by atoms with E-state index >= 15 is 0 Å². The van der Waals surface area contributed by atoms with Gasteiger partial charge in [0.15, 0.2) is 0 Å². The molecule has 0 aromatic heterocycles. The van der Waals surface area contributed by atoms with Crippen LogP contribution in [0.4, 0.5) is 0 Å². The van der Waals surface area contributed by atoms with Crippen LogP contribution in [-0.4, -0.2) is 30.0 Å². The first-order valence-corrected chi connectivity index (χ1v) is 5.14. The van der Waals surface area contributed by atoms with Gasteiger partial charge >= 0.3 is 0 Å². The lowest BCUT2D eigenvalue weighted by atomic mass is 10.2. The highest BCUT2D eigenvalue weighted by Crippen LogP contribution is 2.14. The summed E-state index contributed by atoms with van der Waals surface area (Å²) in [4.78, 5) is 22.1. The van der Waals surface area contributed by atoms with E-state index in [1.54, 1.807) is 18.2 Å². The highest BCUT2D eigenvalue weighted by molar-refractivity contribution is 5.85. The molecule has 6 nitrogen and oxygen atoms in total. The summed E-state index contributed by atoms with van der Waals surface area (Å²) < 4.78 is 0. The van der Waals surface area contributed by atoms with Crippen molar-refractivity contribution in [3.63, 3.8) is 0 Å². The van der Waals surface area contributed by atoms with Crippen molar-refractivity contribution < 1.29 is 14.7 Å². The molecule has 0 saturated carbocycles. The van der Waals surface area contributed by atoms with Crippen LogP contribution in [0.2, 0.25) is 0 Å². The molecule has 92 valence electrons. The molecular weight excluding hydrogens is 222 g/mol. The fraction of sp³-hybridized carbons (Fsp3) is 0.273. The molecule has 0 bridgehead atoms. The van der Waals surface area contributed by atoms with Gasteiger partial charge in [-0.15, -0.1) is 0 Å². The van der Waals surface area contributed by atoms with Gasteiger partial charge in [0.1, 0.15) is 5.75 Å². The van der Waals surface area contributed by atoms with Gasteiger partial charge in [-0.2, -0.15) is 0 Å². The SMILES string of the molecule is NCC(=O)NCC(=O)NCc1ccccc1O. The summed E-state index contributed by atoms with van der Waals surface area (Å²) in [5.74, 6) is -0.600. The number of hydrogen-bond donors (Lipinski definition) is 4. The summed E-state index contributed by atoms with van der Waals surface area (Å²) in [7, 11) is 0. The Morgan fingerprint density at radius 2 is 1.88 bits per heavy atom. The minimum Gasteiger partial charge on any atom is -0.508 e. The number of carbonyl (C=O) groups is 2. The quantitative estimate of drug-likeness (QED) is 0.531. The van der Waals surface area contributed by atoms with E-state index in [1.807, 2.05) is 0 Å². The smallest absolute Gasteiger partial charge is 0.239 e. The Kier molecular flexibility index (Phi) is 4.96. The Bertz CT molecular complexity index is 407. The first-order valence-electron chi connectivity index (χ1n) is 5.14. The summed E-state index contributed by atoms with van der Waals surface area (Å²) in [5.41, 5.74) is 5.68. The zero-order valence-electron chi connectivity index (χ0n) is 9.27. The molecule has 0 unspecified atom stereocenters. The average Bonchev–Trinajstić information content (AvgIpc) is 2.35. The van der Waals surface area contributed by atoms with E-state index in [-0.39, 0.29) is 37.2 Å². The first kappa shape index (κ1) is 13.0. The maximum atomic E-state index is 11.3. The maximum Gasteiger partial charge on any atom is 0.239 e. The van der Waals surface area contributed by atoms with Gasteiger partial charge in [-0.25, -0.2) is 0 Å². The molecule has 0 fully saturated rings. The third-order valence-corrected chi connectivity index (χ3v) is 2.10. The molecule has 5 N–H and O–H groups in total. The Morgan fingerprint density at radius 1 is 1.18 bits per heavy atom. The molecule has 0 radical (unpaired) electrons. The minimum absolute atomic E-state index is 0.121. The lowest BCUT2D eigenvalue weighted by Crippen LogP contribution is -2.39. The Hall–Kier alpha value is -2.08. The molecule has 1 rings (SSSR count). The number of phenolic OH excluding ortho intramolecular Hbond substituents is 1. The van der Waals surface area contributed by atoms with Crippen molar-refractivity contribution in [2.45, 2.75) is 6.54 Å². The van der Waals surface area contributed by atoms with E-state index in [4.69, 9.17) is 5.73 Å². The summed E-state index contributed by atoms with van der Waals surface area (Å²) in [6.45, 7) is -0.0552. The number of nitrogens with two attached hydrogens (primary N) is 1. The van der Waals surface area contributed by atoms with Crippen LogP contribution in [-0.2, 0) is 16.1 Å². The molecule has 1 aromatic rings. The molecule has 0 aliphatic rings. The van der Waals surface area contributed by atoms with Gasteiger partial charge in [-0.05, 0) is 6.07 Å². The summed E-state index contributed by atoms with van der Waals surface area (Å²) in [6.07, 6.45) is 0. The van der Waals surface area contributed by atoms with Gasteiger partial charge in [0.05, 0.1) is 13.1 Å². The third-order valence-electron chi connectivity index (χ3n) is 2.10. The van der Waals surface area contributed by atoms with Gasteiger partial charge in [0, 0.05) is 12.1 Å². The lowest BCUT2D eigenvalue weighted by molar-refractivity contribution is -0.125. The monoisotopic (exact) mass is 237 g/mol. The fourth-order valence-corrected chi connectivity index (χ4v) is 1.17. The molecule has 1 aromatic carbocycles. The van der Waals surface area contributed by atoms with E-state index in [0.29, 0.717) is 5.56 Å². The van der Waals surface area contributed by atoms with Crippen molar-refractivity contribution in [1.29, 1.82) is 0 Å². The van der Waals surface area contributed by atoms with E-state index in [0.717, 1.165) is 0 Å². The van der Waals surface area contributed by atoms with Crippen LogP contribution < -0.4 is 16.4 Å². The Labute approximate surface area is 98.8 Å². The molecule has 0 spiro atoms. The summed E-state index contributed by atoms with van der Waals surface area (Å²) in [5, 5.41) is 14.4. The van der Waals surface area contributed by atoms with Crippen LogP contribution in [0.25, 0.3) is 0 Å². The predicted molar refractivity (Wildman–Crippen MR) is 62.0 cm³/mol. The average molecular weight is 237 g/mol. The van der Waals surface area contributed by atoms with Crippen molar-refractivity contribution in [2.75, 3.05) is 13.1 Å². The Balaban J connectivity index is 2.34. The zero-order valence-corrected chi connectivity index (χ0v) is 9.27. The number of nitrogens with one attached hydrogen (secondary N) is 2. The van der Waals surface area contributed by atoms with Crippen LogP contribution in [0.1, 0.15) is 5.56 Å². The second-order valence-corrected chi connectivity index (χ2v) is 3.39. The zero-order chi connectivity index (χ0) is 12.7. The van der Waals surface area contributed by atoms with Gasteiger partial charge in [-0.1, -0.05) is 18.2 Å². The standard InChI is InChI=1S/C11H15N3O3/c12-5-10(16)14-7-11(17)13-6-8-3-1-2-4-9(8)15/h1-4,15H,5-7,12H2,(H,13,17)(H,14,16). The first-order chi connectivity index (χ1) is 8.13. The van der Waals surface area contributed by atoms with E-state index in [1.165, 1.54) is 6.07 Å². The van der Waals surface area contributed by atoms with Gasteiger partial charge in [0.2, 0.25) is 11.8 Å². The molecule has 0 aliphatic carbocycles. The van der Waals surface area contributed by atoms with E-state index in [9.17, 15) is 14.7 Å². The number of benzene rings is 1. The van der Waals surface area contributed by atoms with Crippen LogP contribution in [0, 0.1) is 0 Å². The second kappa shape index (κ2) is 6.49. The molecule has 2 amide bonds. The van der Waals surface area contributed by atoms with Gasteiger partial charge < -0.3 is 21.5 Å². The molecule has 6 heteroatoms. The number of carbonyl (C=O) groups excluding carboxylic acids is 2. The largest absolute Gasteiger partial charge is 0.508 e. The number of hydrogen-bond acceptors (Lipinski definition) is 4. The van der Waals surface area contributed by atoms with Crippen LogP contribution in [0.5, 0.6) is 5.75 Å². The summed E-state index contributed by atoms with van der Waals surface area (Å²) in [6, 6.07) is 6.70. The summed E-state index contributed by atoms with van der Waals surface area (Å²) >= 11 is 0. The van der Waals surface area contributed by atoms with Crippen molar-refractivity contribution >= 4 is 11.8 Å². The maximum absolute atomic E-state index is 11.3. The number of aromatic hydroxyl groups is 1. The molecule has 0 aliphatic heterocycles. The number of rotatable bonds is 5. The number of phenols is 1. The molecule has 0 saturated heterocycles. The molecule has 0 atom stereocenters. The van der Waals surface area contributed by atoms with Crippen LogP contribution in [0.15, 0.2) is 24.3 Å². The van der Waals surface area contributed by atoms with Gasteiger partial charge in [0.25, 0.3) is 0 Å². The Morgan fingerprint density at radius 3 is 2.53 bits per heavy atom.